The maximum atomic E-state index is 9.79. The number of hydrogen-bond acceptors (Lipinski definition) is 2. The lowest BCUT2D eigenvalue weighted by atomic mass is 10.1. The van der Waals surface area contributed by atoms with Gasteiger partial charge in [0.05, 0.1) is 5.69 Å². The van der Waals surface area contributed by atoms with Gasteiger partial charge in [0.15, 0.2) is 0 Å². The number of aromatic nitrogens is 2. The van der Waals surface area contributed by atoms with E-state index in [1.807, 2.05) is 12.1 Å². The Hall–Kier alpha value is -1.77. The van der Waals surface area contributed by atoms with Gasteiger partial charge in [-0.15, -0.1) is 0 Å². The minimum absolute atomic E-state index is 0.245. The van der Waals surface area contributed by atoms with Gasteiger partial charge >= 0.3 is 0 Å². The second-order valence-electron chi connectivity index (χ2n) is 4.33. The van der Waals surface area contributed by atoms with E-state index >= 15 is 0 Å². The van der Waals surface area contributed by atoms with Crippen molar-refractivity contribution in [2.45, 2.75) is 33.2 Å². The molecule has 0 atom stereocenters. The van der Waals surface area contributed by atoms with Gasteiger partial charge < -0.3 is 5.11 Å². The maximum Gasteiger partial charge on any atom is 0.209 e. The number of aryl methyl sites for hydroxylation is 2. The Balaban J connectivity index is 2.28. The van der Waals surface area contributed by atoms with E-state index in [0.29, 0.717) is 0 Å². The number of hydrogen-bond donors (Lipinski definition) is 1. The molecule has 0 aliphatic rings. The molecule has 3 heteroatoms. The largest absolute Gasteiger partial charge is 0.493 e. The van der Waals surface area contributed by atoms with Crippen LogP contribution in [0.5, 0.6) is 5.88 Å². The summed E-state index contributed by atoms with van der Waals surface area (Å²) < 4.78 is 1.67. The molecule has 90 valence electrons. The first-order chi connectivity index (χ1) is 8.20. The Morgan fingerprint density at radius 3 is 2.82 bits per heavy atom. The van der Waals surface area contributed by atoms with Gasteiger partial charge in [-0.05, 0) is 19.4 Å². The molecule has 17 heavy (non-hydrogen) atoms. The van der Waals surface area contributed by atoms with Crippen molar-refractivity contribution in [3.63, 3.8) is 0 Å². The molecule has 0 radical (unpaired) electrons. The summed E-state index contributed by atoms with van der Waals surface area (Å²) >= 11 is 0. The third-order valence-corrected chi connectivity index (χ3v) is 2.80. The molecule has 1 aromatic heterocycles. The molecule has 3 nitrogen and oxygen atoms in total. The Morgan fingerprint density at radius 1 is 1.29 bits per heavy atom. The van der Waals surface area contributed by atoms with Crippen LogP contribution < -0.4 is 0 Å². The Labute approximate surface area is 102 Å². The molecule has 1 heterocycles. The van der Waals surface area contributed by atoms with E-state index in [2.05, 4.69) is 31.1 Å². The standard InChI is InChI=1S/C14H18N2O/c1-3-4-8-16-14(17)10-13(15-16)12-7-5-6-11(2)9-12/h5-7,9-10,17H,3-4,8H2,1-2H3. The zero-order chi connectivity index (χ0) is 12.3. The predicted octanol–water partition coefficient (Wildman–Crippen LogP) is 3.36. The van der Waals surface area contributed by atoms with E-state index in [9.17, 15) is 5.11 Å². The molecule has 0 spiro atoms. The highest BCUT2D eigenvalue weighted by Gasteiger charge is 2.07. The number of benzene rings is 1. The van der Waals surface area contributed by atoms with Crippen molar-refractivity contribution in [3.05, 3.63) is 35.9 Å². The molecule has 2 aromatic rings. The molecule has 0 aliphatic carbocycles. The number of nitrogens with zero attached hydrogens (tertiary/aromatic N) is 2. The molecule has 0 aliphatic heterocycles. The minimum atomic E-state index is 0.245. The molecule has 2 rings (SSSR count). The highest BCUT2D eigenvalue weighted by atomic mass is 16.3. The first-order valence-corrected chi connectivity index (χ1v) is 6.04. The lowest BCUT2D eigenvalue weighted by Gasteiger charge is -2.00. The molecule has 0 amide bonds. The number of rotatable bonds is 4. The molecule has 0 fully saturated rings. The van der Waals surface area contributed by atoms with Gasteiger partial charge in [-0.2, -0.15) is 5.10 Å². The smallest absolute Gasteiger partial charge is 0.209 e. The van der Waals surface area contributed by atoms with Crippen molar-refractivity contribution in [2.75, 3.05) is 0 Å². The van der Waals surface area contributed by atoms with Crippen molar-refractivity contribution in [1.29, 1.82) is 0 Å². The third kappa shape index (κ3) is 2.67. The predicted molar refractivity (Wildman–Crippen MR) is 69.0 cm³/mol. The molecule has 0 saturated carbocycles. The minimum Gasteiger partial charge on any atom is -0.493 e. The Bertz CT molecular complexity index is 503. The van der Waals surface area contributed by atoms with Crippen molar-refractivity contribution >= 4 is 0 Å². The zero-order valence-corrected chi connectivity index (χ0v) is 10.3. The average Bonchev–Trinajstić information content (AvgIpc) is 2.68. The van der Waals surface area contributed by atoms with Crippen LogP contribution in [0.15, 0.2) is 30.3 Å². The first kappa shape index (κ1) is 11.7. The molecule has 0 unspecified atom stereocenters. The van der Waals surface area contributed by atoms with Crippen LogP contribution in [0.25, 0.3) is 11.3 Å². The van der Waals surface area contributed by atoms with Gasteiger partial charge in [0, 0.05) is 18.2 Å². The van der Waals surface area contributed by atoms with E-state index in [-0.39, 0.29) is 5.88 Å². The summed E-state index contributed by atoms with van der Waals surface area (Å²) in [4.78, 5) is 0. The number of unbranched alkanes of at least 4 members (excludes halogenated alkanes) is 1. The fourth-order valence-electron chi connectivity index (χ4n) is 1.82. The summed E-state index contributed by atoms with van der Waals surface area (Å²) in [5, 5.41) is 14.2. The van der Waals surface area contributed by atoms with Crippen LogP contribution in [-0.2, 0) is 6.54 Å². The van der Waals surface area contributed by atoms with E-state index < -0.39 is 0 Å². The number of aromatic hydroxyl groups is 1. The molecule has 0 bridgehead atoms. The van der Waals surface area contributed by atoms with Crippen molar-refractivity contribution in [1.82, 2.24) is 9.78 Å². The van der Waals surface area contributed by atoms with E-state index in [1.165, 1.54) is 5.56 Å². The van der Waals surface area contributed by atoms with Gasteiger partial charge in [-0.1, -0.05) is 37.1 Å². The third-order valence-electron chi connectivity index (χ3n) is 2.80. The highest BCUT2D eigenvalue weighted by molar-refractivity contribution is 5.60. The fraction of sp³-hybridized carbons (Fsp3) is 0.357. The van der Waals surface area contributed by atoms with Gasteiger partial charge in [0.25, 0.3) is 0 Å². The normalized spacial score (nSPS) is 10.7. The summed E-state index contributed by atoms with van der Waals surface area (Å²) in [7, 11) is 0. The maximum absolute atomic E-state index is 9.79. The lowest BCUT2D eigenvalue weighted by molar-refractivity contribution is 0.394. The molecular formula is C14H18N2O. The topological polar surface area (TPSA) is 38.0 Å². The van der Waals surface area contributed by atoms with Crippen LogP contribution in [0.2, 0.25) is 0 Å². The molecule has 1 aromatic carbocycles. The van der Waals surface area contributed by atoms with Gasteiger partial charge in [0.1, 0.15) is 0 Å². The summed E-state index contributed by atoms with van der Waals surface area (Å²) in [6, 6.07) is 9.87. The molecular weight excluding hydrogens is 212 g/mol. The van der Waals surface area contributed by atoms with E-state index in [1.54, 1.807) is 10.7 Å². The van der Waals surface area contributed by atoms with Crippen molar-refractivity contribution in [3.8, 4) is 17.1 Å². The second kappa shape index (κ2) is 5.04. The van der Waals surface area contributed by atoms with Crippen LogP contribution in [0.3, 0.4) is 0 Å². The monoisotopic (exact) mass is 230 g/mol. The zero-order valence-electron chi connectivity index (χ0n) is 10.3. The summed E-state index contributed by atoms with van der Waals surface area (Å²) in [6.45, 7) is 4.95. The summed E-state index contributed by atoms with van der Waals surface area (Å²) in [5.74, 6) is 0.245. The Morgan fingerprint density at radius 2 is 2.12 bits per heavy atom. The average molecular weight is 230 g/mol. The van der Waals surface area contributed by atoms with Crippen LogP contribution in [0, 0.1) is 6.92 Å². The van der Waals surface area contributed by atoms with Crippen LogP contribution in [0.4, 0.5) is 0 Å². The van der Waals surface area contributed by atoms with E-state index in [4.69, 9.17) is 0 Å². The second-order valence-corrected chi connectivity index (χ2v) is 4.33. The lowest BCUT2D eigenvalue weighted by Crippen LogP contribution is -1.99. The first-order valence-electron chi connectivity index (χ1n) is 6.04. The van der Waals surface area contributed by atoms with Gasteiger partial charge in [-0.3, -0.25) is 0 Å². The summed E-state index contributed by atoms with van der Waals surface area (Å²) in [6.07, 6.45) is 2.13. The SMILES string of the molecule is CCCCn1nc(-c2cccc(C)c2)cc1O. The molecule has 1 N–H and O–H groups in total. The van der Waals surface area contributed by atoms with Crippen molar-refractivity contribution < 1.29 is 5.11 Å². The van der Waals surface area contributed by atoms with Crippen LogP contribution in [-0.4, -0.2) is 14.9 Å². The van der Waals surface area contributed by atoms with Crippen LogP contribution in [0.1, 0.15) is 25.3 Å². The van der Waals surface area contributed by atoms with Gasteiger partial charge in [0.2, 0.25) is 5.88 Å². The highest BCUT2D eigenvalue weighted by Crippen LogP contribution is 2.23. The molecule has 0 saturated heterocycles. The quantitative estimate of drug-likeness (QED) is 0.874. The van der Waals surface area contributed by atoms with Crippen LogP contribution >= 0.6 is 0 Å². The van der Waals surface area contributed by atoms with Crippen molar-refractivity contribution in [2.24, 2.45) is 0 Å². The van der Waals surface area contributed by atoms with E-state index in [0.717, 1.165) is 30.6 Å². The fourth-order valence-corrected chi connectivity index (χ4v) is 1.82. The Kier molecular flexibility index (Phi) is 3.47. The summed E-state index contributed by atoms with van der Waals surface area (Å²) in [5.41, 5.74) is 3.09. The van der Waals surface area contributed by atoms with Gasteiger partial charge in [-0.25, -0.2) is 4.68 Å².